The molecule has 5 heteroatoms. The molecule has 0 bridgehead atoms. The molecule has 0 aromatic rings. The average molecular weight is 198 g/mol. The number of fused-ring (bicyclic) bond motifs is 1. The maximum Gasteiger partial charge on any atom is 0.317 e. The molecule has 1 aliphatic carbocycles. The van der Waals surface area contributed by atoms with Crippen molar-refractivity contribution < 1.29 is 23.9 Å². The fourth-order valence-electron chi connectivity index (χ4n) is 2.13. The fraction of sp³-hybridized carbons (Fsp3) is 0.667. The molecule has 5 nitrogen and oxygen atoms in total. The van der Waals surface area contributed by atoms with E-state index in [1.165, 1.54) is 0 Å². The molecule has 0 aromatic carbocycles. The number of esters is 2. The molecule has 76 valence electrons. The Balaban J connectivity index is 2.05. The van der Waals surface area contributed by atoms with Crippen LogP contribution in [0.5, 0.6) is 0 Å². The van der Waals surface area contributed by atoms with E-state index in [-0.39, 0.29) is 12.0 Å². The molecule has 3 atom stereocenters. The Hall–Kier alpha value is -1.39. The van der Waals surface area contributed by atoms with Crippen LogP contribution in [0.15, 0.2) is 0 Å². The predicted molar refractivity (Wildman–Crippen MR) is 42.9 cm³/mol. The molecular weight excluding hydrogens is 188 g/mol. The zero-order valence-corrected chi connectivity index (χ0v) is 7.47. The first-order valence-electron chi connectivity index (χ1n) is 4.57. The van der Waals surface area contributed by atoms with Crippen LogP contribution < -0.4 is 0 Å². The zero-order valence-electron chi connectivity index (χ0n) is 7.47. The van der Waals surface area contributed by atoms with Gasteiger partial charge >= 0.3 is 11.9 Å². The molecule has 1 saturated heterocycles. The molecule has 1 saturated carbocycles. The highest BCUT2D eigenvalue weighted by Gasteiger charge is 2.48. The monoisotopic (exact) mass is 198 g/mol. The number of hydrogen-bond donors (Lipinski definition) is 0. The first-order valence-corrected chi connectivity index (χ1v) is 4.57. The van der Waals surface area contributed by atoms with Gasteiger partial charge in [-0.05, 0) is 19.3 Å². The number of carbonyl (C=O) groups excluding carboxylic acids is 3. The Labute approximate surface area is 80.4 Å². The van der Waals surface area contributed by atoms with Crippen LogP contribution in [0.25, 0.3) is 0 Å². The maximum absolute atomic E-state index is 11.2. The van der Waals surface area contributed by atoms with Crippen molar-refractivity contribution in [3.05, 3.63) is 0 Å². The lowest BCUT2D eigenvalue weighted by Crippen LogP contribution is -2.31. The van der Waals surface area contributed by atoms with Crippen LogP contribution in [0.2, 0.25) is 0 Å². The van der Waals surface area contributed by atoms with Gasteiger partial charge in [-0.25, -0.2) is 0 Å². The van der Waals surface area contributed by atoms with Crippen molar-refractivity contribution >= 4 is 18.4 Å². The Kier molecular flexibility index (Phi) is 2.23. The lowest BCUT2D eigenvalue weighted by atomic mass is 9.79. The van der Waals surface area contributed by atoms with E-state index in [1.807, 2.05) is 0 Å². The fourth-order valence-corrected chi connectivity index (χ4v) is 2.13. The summed E-state index contributed by atoms with van der Waals surface area (Å²) in [7, 11) is 0. The highest BCUT2D eigenvalue weighted by atomic mass is 16.6. The van der Waals surface area contributed by atoms with Crippen LogP contribution in [0.1, 0.15) is 19.3 Å². The Morgan fingerprint density at radius 2 is 1.93 bits per heavy atom. The quantitative estimate of drug-likeness (QED) is 0.355. The largest absolute Gasteiger partial charge is 0.465 e. The van der Waals surface area contributed by atoms with Crippen molar-refractivity contribution in [2.75, 3.05) is 0 Å². The van der Waals surface area contributed by atoms with Crippen LogP contribution in [-0.2, 0) is 23.9 Å². The van der Waals surface area contributed by atoms with Crippen molar-refractivity contribution in [1.29, 1.82) is 0 Å². The summed E-state index contributed by atoms with van der Waals surface area (Å²) in [6, 6.07) is 0. The van der Waals surface area contributed by atoms with E-state index < -0.39 is 17.9 Å². The first kappa shape index (κ1) is 9.18. The van der Waals surface area contributed by atoms with E-state index in [9.17, 15) is 14.4 Å². The molecule has 0 radical (unpaired) electrons. The molecule has 2 fully saturated rings. The van der Waals surface area contributed by atoms with Crippen LogP contribution in [0.4, 0.5) is 0 Å². The third kappa shape index (κ3) is 1.38. The van der Waals surface area contributed by atoms with Gasteiger partial charge in [0.1, 0.15) is 6.10 Å². The molecule has 0 amide bonds. The van der Waals surface area contributed by atoms with E-state index in [1.54, 1.807) is 0 Å². The molecule has 14 heavy (non-hydrogen) atoms. The van der Waals surface area contributed by atoms with Crippen molar-refractivity contribution in [1.82, 2.24) is 0 Å². The lowest BCUT2D eigenvalue weighted by molar-refractivity contribution is -0.154. The minimum absolute atomic E-state index is 0.243. The predicted octanol–water partition coefficient (Wildman–Crippen LogP) is 0.0277. The van der Waals surface area contributed by atoms with E-state index in [4.69, 9.17) is 4.74 Å². The van der Waals surface area contributed by atoms with Gasteiger partial charge in [-0.1, -0.05) is 0 Å². The molecular formula is C9H10O5. The minimum atomic E-state index is -0.473. The summed E-state index contributed by atoms with van der Waals surface area (Å²) in [4.78, 5) is 32.4. The highest BCUT2D eigenvalue weighted by molar-refractivity contribution is 5.96. The van der Waals surface area contributed by atoms with Gasteiger partial charge in [0.15, 0.2) is 0 Å². The summed E-state index contributed by atoms with van der Waals surface area (Å²) < 4.78 is 9.29. The van der Waals surface area contributed by atoms with Gasteiger partial charge in [0.25, 0.3) is 6.47 Å². The summed E-state index contributed by atoms with van der Waals surface area (Å²) in [6.07, 6.45) is 1.36. The van der Waals surface area contributed by atoms with Crippen molar-refractivity contribution in [2.45, 2.75) is 25.4 Å². The van der Waals surface area contributed by atoms with E-state index >= 15 is 0 Å². The summed E-state index contributed by atoms with van der Waals surface area (Å²) in [6.45, 7) is 0.382. The van der Waals surface area contributed by atoms with E-state index in [2.05, 4.69) is 4.74 Å². The summed E-state index contributed by atoms with van der Waals surface area (Å²) in [5.41, 5.74) is 0. The second kappa shape index (κ2) is 3.40. The van der Waals surface area contributed by atoms with Gasteiger partial charge < -0.3 is 9.47 Å². The van der Waals surface area contributed by atoms with Crippen LogP contribution >= 0.6 is 0 Å². The minimum Gasteiger partial charge on any atom is -0.465 e. The Morgan fingerprint density at radius 1 is 1.21 bits per heavy atom. The lowest BCUT2D eigenvalue weighted by Gasteiger charge is -2.25. The molecule has 0 aromatic heterocycles. The molecule has 2 rings (SSSR count). The van der Waals surface area contributed by atoms with E-state index in [0.29, 0.717) is 25.7 Å². The maximum atomic E-state index is 11.2. The highest BCUT2D eigenvalue weighted by Crippen LogP contribution is 2.37. The third-order valence-electron chi connectivity index (χ3n) is 2.86. The summed E-state index contributed by atoms with van der Waals surface area (Å²) in [5, 5.41) is 0. The molecule has 2 aliphatic rings. The van der Waals surface area contributed by atoms with Crippen molar-refractivity contribution in [3.8, 4) is 0 Å². The first-order chi connectivity index (χ1) is 6.72. The summed E-state index contributed by atoms with van der Waals surface area (Å²) in [5.74, 6) is -1.61. The summed E-state index contributed by atoms with van der Waals surface area (Å²) >= 11 is 0. The van der Waals surface area contributed by atoms with Gasteiger partial charge in [-0.2, -0.15) is 0 Å². The van der Waals surface area contributed by atoms with Gasteiger partial charge in [-0.15, -0.1) is 0 Å². The second-order valence-electron chi connectivity index (χ2n) is 3.62. The third-order valence-corrected chi connectivity index (χ3v) is 2.86. The Morgan fingerprint density at radius 3 is 2.64 bits per heavy atom. The zero-order chi connectivity index (χ0) is 10.1. The molecule has 0 N–H and O–H groups in total. The average Bonchev–Trinajstić information content (AvgIpc) is 2.43. The molecule has 0 unspecified atom stereocenters. The van der Waals surface area contributed by atoms with Gasteiger partial charge in [-0.3, -0.25) is 14.4 Å². The van der Waals surface area contributed by atoms with Crippen LogP contribution in [0.3, 0.4) is 0 Å². The molecule has 1 heterocycles. The standard InChI is InChI=1S/C9H10O5/c10-4-13-5-1-2-6-7(3-5)9(12)14-8(6)11/h4-7H,1-3H2/t5-,6+,7-/m1/s1. The number of cyclic esters (lactones) is 2. The number of rotatable bonds is 2. The van der Waals surface area contributed by atoms with Gasteiger partial charge in [0.2, 0.25) is 0 Å². The van der Waals surface area contributed by atoms with Crippen molar-refractivity contribution in [2.24, 2.45) is 11.8 Å². The second-order valence-corrected chi connectivity index (χ2v) is 3.62. The number of ether oxygens (including phenoxy) is 2. The van der Waals surface area contributed by atoms with Crippen LogP contribution in [-0.4, -0.2) is 24.5 Å². The normalized spacial score (nSPS) is 36.1. The smallest absolute Gasteiger partial charge is 0.317 e. The van der Waals surface area contributed by atoms with Crippen LogP contribution in [0, 0.1) is 11.8 Å². The SMILES string of the molecule is O=CO[C@@H]1CC[C@@H]2C(=O)OC(=O)[C@@H]2C1. The Bertz CT molecular complexity index is 285. The molecule has 1 aliphatic heterocycles. The topological polar surface area (TPSA) is 69.7 Å². The van der Waals surface area contributed by atoms with E-state index in [0.717, 1.165) is 0 Å². The van der Waals surface area contributed by atoms with Gasteiger partial charge in [0.05, 0.1) is 11.8 Å². The van der Waals surface area contributed by atoms with Crippen molar-refractivity contribution in [3.63, 3.8) is 0 Å². The molecule has 0 spiro atoms. The number of carbonyl (C=O) groups is 3. The van der Waals surface area contributed by atoms with Gasteiger partial charge in [0, 0.05) is 0 Å². The number of hydrogen-bond acceptors (Lipinski definition) is 5.